The molecule has 0 fully saturated rings. The summed E-state index contributed by atoms with van der Waals surface area (Å²) in [5.41, 5.74) is 2.69. The van der Waals surface area contributed by atoms with E-state index < -0.39 is 26.6 Å². The summed E-state index contributed by atoms with van der Waals surface area (Å²) in [4.78, 5) is -0.826. The minimum Gasteiger partial charge on any atom is -0.225 e. The molecule has 3 rings (SSSR count). The van der Waals surface area contributed by atoms with Crippen molar-refractivity contribution in [3.63, 3.8) is 0 Å². The number of rotatable bonds is 3. The molecular weight excluding hydrogens is 400 g/mol. The van der Waals surface area contributed by atoms with E-state index >= 15 is 0 Å². The molecule has 0 aromatic heterocycles. The summed E-state index contributed by atoms with van der Waals surface area (Å²) >= 11 is 3.37. The summed E-state index contributed by atoms with van der Waals surface area (Å²) in [7, 11) is -4.30. The number of hydrogen-bond donors (Lipinski definition) is 1. The standard InChI is InChI=1S/C17H14BrF2NO2S/c18-11-6-4-10(5-7-11)12-2-1-3-13(12)14-8-16(20)17(9-15(14)19)24(21,22)23/h4-9H,1-3H2,(H2,21,22,23). The Hall–Kier alpha value is -1.57. The Bertz CT molecular complexity index is 938. The average molecular weight is 414 g/mol. The van der Waals surface area contributed by atoms with Crippen molar-refractivity contribution in [1.82, 2.24) is 0 Å². The highest BCUT2D eigenvalue weighted by atomic mass is 79.9. The number of halogens is 3. The molecule has 24 heavy (non-hydrogen) atoms. The summed E-state index contributed by atoms with van der Waals surface area (Å²) in [5, 5.41) is 4.91. The van der Waals surface area contributed by atoms with Crippen molar-refractivity contribution >= 4 is 37.1 Å². The van der Waals surface area contributed by atoms with Gasteiger partial charge in [0, 0.05) is 10.0 Å². The zero-order valence-corrected chi connectivity index (χ0v) is 14.9. The lowest BCUT2D eigenvalue weighted by Gasteiger charge is -2.11. The first-order valence-corrected chi connectivity index (χ1v) is 9.61. The first-order valence-electron chi connectivity index (χ1n) is 7.27. The first-order chi connectivity index (χ1) is 11.3. The van der Waals surface area contributed by atoms with E-state index in [2.05, 4.69) is 15.9 Å². The molecule has 0 unspecified atom stereocenters. The second kappa shape index (κ2) is 6.38. The van der Waals surface area contributed by atoms with E-state index in [1.165, 1.54) is 0 Å². The average Bonchev–Trinajstić information content (AvgIpc) is 2.98. The molecule has 0 bridgehead atoms. The SMILES string of the molecule is NS(=O)(=O)c1cc(F)c(C2=C(c3ccc(Br)cc3)CCC2)cc1F. The summed E-state index contributed by atoms with van der Waals surface area (Å²) in [6, 6.07) is 9.19. The van der Waals surface area contributed by atoms with Crippen LogP contribution in [-0.2, 0) is 10.0 Å². The summed E-state index contributed by atoms with van der Waals surface area (Å²) in [5.74, 6) is -1.82. The third-order valence-corrected chi connectivity index (χ3v) is 5.52. The van der Waals surface area contributed by atoms with Crippen LogP contribution in [0, 0.1) is 11.6 Å². The fourth-order valence-electron chi connectivity index (χ4n) is 2.99. The van der Waals surface area contributed by atoms with Gasteiger partial charge in [-0.3, -0.25) is 0 Å². The Labute approximate surface area is 147 Å². The zero-order valence-electron chi connectivity index (χ0n) is 12.5. The molecule has 0 saturated carbocycles. The lowest BCUT2D eigenvalue weighted by molar-refractivity contribution is 0.552. The second-order valence-electron chi connectivity index (χ2n) is 5.63. The molecule has 0 heterocycles. The largest absolute Gasteiger partial charge is 0.241 e. The highest BCUT2D eigenvalue weighted by molar-refractivity contribution is 9.10. The minimum atomic E-state index is -4.30. The maximum Gasteiger partial charge on any atom is 0.241 e. The maximum absolute atomic E-state index is 14.4. The third-order valence-electron chi connectivity index (χ3n) is 4.06. The normalized spacial score (nSPS) is 15.2. The van der Waals surface area contributed by atoms with Crippen molar-refractivity contribution in [3.05, 3.63) is 63.6 Å². The number of primary sulfonamides is 1. The Morgan fingerprint density at radius 3 is 2.21 bits per heavy atom. The number of benzene rings is 2. The van der Waals surface area contributed by atoms with Gasteiger partial charge in [-0.15, -0.1) is 0 Å². The van der Waals surface area contributed by atoms with Crippen molar-refractivity contribution < 1.29 is 17.2 Å². The number of hydrogen-bond acceptors (Lipinski definition) is 2. The zero-order chi connectivity index (χ0) is 17.5. The van der Waals surface area contributed by atoms with Crippen LogP contribution in [0.25, 0.3) is 11.1 Å². The van der Waals surface area contributed by atoms with Crippen LogP contribution in [0.1, 0.15) is 30.4 Å². The van der Waals surface area contributed by atoms with Gasteiger partial charge in [0.15, 0.2) is 0 Å². The molecule has 1 aliphatic rings. The number of nitrogens with two attached hydrogens (primary N) is 1. The number of sulfonamides is 1. The van der Waals surface area contributed by atoms with Crippen LogP contribution in [0.15, 0.2) is 45.8 Å². The van der Waals surface area contributed by atoms with Crippen LogP contribution in [0.4, 0.5) is 8.78 Å². The molecule has 7 heteroatoms. The van der Waals surface area contributed by atoms with Crippen molar-refractivity contribution in [2.45, 2.75) is 24.2 Å². The van der Waals surface area contributed by atoms with Gasteiger partial charge in [-0.1, -0.05) is 28.1 Å². The Morgan fingerprint density at radius 1 is 0.958 bits per heavy atom. The van der Waals surface area contributed by atoms with E-state index in [-0.39, 0.29) is 5.56 Å². The van der Waals surface area contributed by atoms with E-state index in [0.717, 1.165) is 34.5 Å². The molecule has 2 aromatic carbocycles. The van der Waals surface area contributed by atoms with Gasteiger partial charge >= 0.3 is 0 Å². The summed E-state index contributed by atoms with van der Waals surface area (Å²) in [6.45, 7) is 0. The van der Waals surface area contributed by atoms with Crippen LogP contribution in [0.5, 0.6) is 0 Å². The lowest BCUT2D eigenvalue weighted by Crippen LogP contribution is -2.15. The van der Waals surface area contributed by atoms with Gasteiger partial charge < -0.3 is 0 Å². The topological polar surface area (TPSA) is 60.2 Å². The molecule has 126 valence electrons. The van der Waals surface area contributed by atoms with Gasteiger partial charge in [0.2, 0.25) is 10.0 Å². The van der Waals surface area contributed by atoms with Crippen LogP contribution < -0.4 is 5.14 Å². The Kier molecular flexibility index (Phi) is 4.59. The van der Waals surface area contributed by atoms with Crippen molar-refractivity contribution in [2.24, 2.45) is 5.14 Å². The van der Waals surface area contributed by atoms with E-state index in [4.69, 9.17) is 5.14 Å². The van der Waals surface area contributed by atoms with Crippen molar-refractivity contribution in [3.8, 4) is 0 Å². The molecule has 2 N–H and O–H groups in total. The van der Waals surface area contributed by atoms with E-state index in [1.807, 2.05) is 24.3 Å². The van der Waals surface area contributed by atoms with Gasteiger partial charge in [0.25, 0.3) is 0 Å². The van der Waals surface area contributed by atoms with Gasteiger partial charge in [-0.25, -0.2) is 22.3 Å². The first kappa shape index (κ1) is 17.3. The highest BCUT2D eigenvalue weighted by Gasteiger charge is 2.24. The monoisotopic (exact) mass is 413 g/mol. The molecule has 0 radical (unpaired) electrons. The van der Waals surface area contributed by atoms with Gasteiger partial charge in [0.1, 0.15) is 16.5 Å². The molecule has 0 saturated heterocycles. The minimum absolute atomic E-state index is 0.0929. The maximum atomic E-state index is 14.4. The lowest BCUT2D eigenvalue weighted by atomic mass is 9.96. The van der Waals surface area contributed by atoms with Crippen LogP contribution in [-0.4, -0.2) is 8.42 Å². The fourth-order valence-corrected chi connectivity index (χ4v) is 3.85. The quantitative estimate of drug-likeness (QED) is 0.806. The third kappa shape index (κ3) is 3.29. The molecule has 3 nitrogen and oxygen atoms in total. The van der Waals surface area contributed by atoms with Crippen molar-refractivity contribution in [1.29, 1.82) is 0 Å². The van der Waals surface area contributed by atoms with Crippen LogP contribution >= 0.6 is 15.9 Å². The molecule has 0 amide bonds. The van der Waals surface area contributed by atoms with E-state index in [9.17, 15) is 17.2 Å². The molecule has 0 spiro atoms. The van der Waals surface area contributed by atoms with Gasteiger partial charge in [-0.2, -0.15) is 0 Å². The van der Waals surface area contributed by atoms with Crippen molar-refractivity contribution in [2.75, 3.05) is 0 Å². The van der Waals surface area contributed by atoms with E-state index in [1.54, 1.807) is 0 Å². The molecular formula is C17H14BrF2NO2S. The Morgan fingerprint density at radius 2 is 1.58 bits per heavy atom. The fraction of sp³-hybridized carbons (Fsp3) is 0.176. The Balaban J connectivity index is 2.15. The van der Waals surface area contributed by atoms with Gasteiger partial charge in [-0.05, 0) is 60.2 Å². The molecule has 0 atom stereocenters. The summed E-state index contributed by atoms with van der Waals surface area (Å²) in [6.07, 6.45) is 2.20. The van der Waals surface area contributed by atoms with Gasteiger partial charge in [0.05, 0.1) is 0 Å². The second-order valence-corrected chi connectivity index (χ2v) is 8.07. The van der Waals surface area contributed by atoms with Crippen LogP contribution in [0.3, 0.4) is 0 Å². The smallest absolute Gasteiger partial charge is 0.225 e. The van der Waals surface area contributed by atoms with Crippen LogP contribution in [0.2, 0.25) is 0 Å². The number of allylic oxidation sites excluding steroid dienone is 2. The predicted molar refractivity (Wildman–Crippen MR) is 92.5 cm³/mol. The summed E-state index contributed by atoms with van der Waals surface area (Å²) < 4.78 is 52.1. The molecule has 2 aromatic rings. The van der Waals surface area contributed by atoms with E-state index in [0.29, 0.717) is 18.1 Å². The predicted octanol–water partition coefficient (Wildman–Crippen LogP) is 4.47. The highest BCUT2D eigenvalue weighted by Crippen LogP contribution is 2.41. The molecule has 1 aliphatic carbocycles. The molecule has 0 aliphatic heterocycles.